The Morgan fingerprint density at radius 3 is 2.62 bits per heavy atom. The minimum atomic E-state index is -0.356. The number of nitrogens with zero attached hydrogens (tertiary/aromatic N) is 1. The number of amides is 2. The van der Waals surface area contributed by atoms with E-state index in [0.717, 1.165) is 43.5 Å². The van der Waals surface area contributed by atoms with E-state index in [9.17, 15) is 9.59 Å². The summed E-state index contributed by atoms with van der Waals surface area (Å²) in [5, 5.41) is 2.92. The number of carbonyl (C=O) groups excluding carboxylic acids is 2. The van der Waals surface area contributed by atoms with Crippen molar-refractivity contribution in [2.24, 2.45) is 5.92 Å². The van der Waals surface area contributed by atoms with E-state index in [1.54, 1.807) is 12.0 Å². The predicted octanol–water partition coefficient (Wildman–Crippen LogP) is 2.98. The number of hydrogen-bond donors (Lipinski definition) is 1. The zero-order valence-corrected chi connectivity index (χ0v) is 14.0. The first-order valence-electron chi connectivity index (χ1n) is 8.59. The van der Waals surface area contributed by atoms with Crippen LogP contribution in [0.5, 0.6) is 5.75 Å². The first kappa shape index (κ1) is 16.6. The topological polar surface area (TPSA) is 58.6 Å². The Morgan fingerprint density at radius 2 is 1.96 bits per heavy atom. The van der Waals surface area contributed by atoms with Crippen LogP contribution in [0.2, 0.25) is 0 Å². The highest BCUT2D eigenvalue weighted by atomic mass is 16.5. The van der Waals surface area contributed by atoms with Crippen LogP contribution in [0.4, 0.5) is 5.69 Å². The highest BCUT2D eigenvalue weighted by molar-refractivity contribution is 5.97. The van der Waals surface area contributed by atoms with Crippen LogP contribution in [0.15, 0.2) is 36.4 Å². The van der Waals surface area contributed by atoms with E-state index >= 15 is 0 Å². The molecule has 1 aliphatic carbocycles. The van der Waals surface area contributed by atoms with E-state index < -0.39 is 0 Å². The zero-order chi connectivity index (χ0) is 16.9. The highest BCUT2D eigenvalue weighted by Crippen LogP contribution is 2.27. The molecule has 0 spiro atoms. The smallest absolute Gasteiger partial charge is 0.247 e. The summed E-state index contributed by atoms with van der Waals surface area (Å²) < 4.78 is 5.12. The molecular formula is C19H24N2O3. The van der Waals surface area contributed by atoms with Gasteiger partial charge in [0, 0.05) is 18.2 Å². The minimum absolute atomic E-state index is 0.0318. The minimum Gasteiger partial charge on any atom is -0.497 e. The molecule has 3 rings (SSSR count). The SMILES string of the molecule is COc1ccc(NC(=O)[C@H]2CCCN2C(=O)[C@@H]2CC=CCC2)cc1. The van der Waals surface area contributed by atoms with Gasteiger partial charge in [-0.1, -0.05) is 12.2 Å². The standard InChI is InChI=1S/C19H24N2O3/c1-24-16-11-9-15(10-12-16)20-18(22)17-8-5-13-21(17)19(23)14-6-3-2-4-7-14/h2-3,9-12,14,17H,4-8,13H2,1H3,(H,20,22)/t14-,17-/m1/s1. The van der Waals surface area contributed by atoms with Gasteiger partial charge >= 0.3 is 0 Å². The molecule has 1 saturated heterocycles. The van der Waals surface area contributed by atoms with E-state index in [1.807, 2.05) is 24.3 Å². The summed E-state index contributed by atoms with van der Waals surface area (Å²) in [4.78, 5) is 27.1. The van der Waals surface area contributed by atoms with Crippen LogP contribution in [0.3, 0.4) is 0 Å². The number of methoxy groups -OCH3 is 1. The lowest BCUT2D eigenvalue weighted by Crippen LogP contribution is -2.45. The lowest BCUT2D eigenvalue weighted by molar-refractivity contribution is -0.140. The quantitative estimate of drug-likeness (QED) is 0.865. The van der Waals surface area contributed by atoms with Gasteiger partial charge in [-0.05, 0) is 56.4 Å². The van der Waals surface area contributed by atoms with Crippen molar-refractivity contribution in [2.75, 3.05) is 19.0 Å². The normalized spacial score (nSPS) is 23.1. The van der Waals surface area contributed by atoms with Crippen molar-refractivity contribution in [1.29, 1.82) is 0 Å². The molecule has 0 aromatic heterocycles. The summed E-state index contributed by atoms with van der Waals surface area (Å²) in [6, 6.07) is 6.88. The van der Waals surface area contributed by atoms with Crippen molar-refractivity contribution in [3.8, 4) is 5.75 Å². The van der Waals surface area contributed by atoms with Gasteiger partial charge in [-0.15, -0.1) is 0 Å². The van der Waals surface area contributed by atoms with Crippen molar-refractivity contribution >= 4 is 17.5 Å². The van der Waals surface area contributed by atoms with Crippen LogP contribution in [-0.2, 0) is 9.59 Å². The number of rotatable bonds is 4. The maximum Gasteiger partial charge on any atom is 0.247 e. The van der Waals surface area contributed by atoms with Gasteiger partial charge < -0.3 is 15.0 Å². The van der Waals surface area contributed by atoms with Gasteiger partial charge in [0.2, 0.25) is 11.8 Å². The van der Waals surface area contributed by atoms with Crippen molar-refractivity contribution in [3.05, 3.63) is 36.4 Å². The van der Waals surface area contributed by atoms with Gasteiger partial charge in [0.15, 0.2) is 0 Å². The molecule has 0 radical (unpaired) electrons. The molecule has 2 aliphatic rings. The molecular weight excluding hydrogens is 304 g/mol. The van der Waals surface area contributed by atoms with Gasteiger partial charge in [0.05, 0.1) is 7.11 Å². The molecule has 1 fully saturated rings. The first-order valence-corrected chi connectivity index (χ1v) is 8.59. The third kappa shape index (κ3) is 3.61. The summed E-state index contributed by atoms with van der Waals surface area (Å²) in [6.07, 6.45) is 8.45. The van der Waals surface area contributed by atoms with Crippen LogP contribution in [0.25, 0.3) is 0 Å². The second kappa shape index (κ2) is 7.51. The monoisotopic (exact) mass is 328 g/mol. The molecule has 24 heavy (non-hydrogen) atoms. The Kier molecular flexibility index (Phi) is 5.18. The Labute approximate surface area is 142 Å². The van der Waals surface area contributed by atoms with E-state index in [-0.39, 0.29) is 23.8 Å². The van der Waals surface area contributed by atoms with E-state index in [2.05, 4.69) is 17.5 Å². The van der Waals surface area contributed by atoms with Crippen LogP contribution >= 0.6 is 0 Å². The Hall–Kier alpha value is -2.30. The van der Waals surface area contributed by atoms with E-state index in [0.29, 0.717) is 6.54 Å². The first-order chi connectivity index (χ1) is 11.7. The molecule has 2 amide bonds. The Morgan fingerprint density at radius 1 is 1.17 bits per heavy atom. The van der Waals surface area contributed by atoms with Crippen molar-refractivity contribution in [2.45, 2.75) is 38.1 Å². The van der Waals surface area contributed by atoms with Crippen LogP contribution in [0.1, 0.15) is 32.1 Å². The molecule has 5 heteroatoms. The molecule has 0 bridgehead atoms. The number of likely N-dealkylation sites (tertiary alicyclic amines) is 1. The fourth-order valence-corrected chi connectivity index (χ4v) is 3.46. The molecule has 0 unspecified atom stereocenters. The Bertz CT molecular complexity index is 624. The van der Waals surface area contributed by atoms with Crippen LogP contribution in [0, 0.1) is 5.92 Å². The molecule has 1 aromatic carbocycles. The maximum absolute atomic E-state index is 12.7. The van der Waals surface area contributed by atoms with Gasteiger partial charge in [-0.25, -0.2) is 0 Å². The van der Waals surface area contributed by atoms with Crippen molar-refractivity contribution in [1.82, 2.24) is 4.90 Å². The summed E-state index contributed by atoms with van der Waals surface area (Å²) in [5.41, 5.74) is 0.723. The highest BCUT2D eigenvalue weighted by Gasteiger charge is 2.36. The number of allylic oxidation sites excluding steroid dienone is 2. The summed E-state index contributed by atoms with van der Waals surface area (Å²) in [7, 11) is 1.61. The average Bonchev–Trinajstić information content (AvgIpc) is 3.12. The molecule has 128 valence electrons. The maximum atomic E-state index is 12.7. The lowest BCUT2D eigenvalue weighted by Gasteiger charge is -2.28. The van der Waals surface area contributed by atoms with Crippen molar-refractivity contribution < 1.29 is 14.3 Å². The predicted molar refractivity (Wildman–Crippen MR) is 92.8 cm³/mol. The van der Waals surface area contributed by atoms with E-state index in [4.69, 9.17) is 4.74 Å². The molecule has 0 saturated carbocycles. The van der Waals surface area contributed by atoms with Gasteiger partial charge in [-0.3, -0.25) is 9.59 Å². The van der Waals surface area contributed by atoms with Crippen LogP contribution < -0.4 is 10.1 Å². The zero-order valence-electron chi connectivity index (χ0n) is 14.0. The number of nitrogens with one attached hydrogen (secondary N) is 1. The van der Waals surface area contributed by atoms with E-state index in [1.165, 1.54) is 0 Å². The number of hydrogen-bond acceptors (Lipinski definition) is 3. The molecule has 1 heterocycles. The second-order valence-corrected chi connectivity index (χ2v) is 6.39. The average molecular weight is 328 g/mol. The summed E-state index contributed by atoms with van der Waals surface area (Å²) in [5.74, 6) is 0.810. The third-order valence-electron chi connectivity index (χ3n) is 4.81. The van der Waals surface area contributed by atoms with Gasteiger partial charge in [0.1, 0.15) is 11.8 Å². The molecule has 5 nitrogen and oxygen atoms in total. The van der Waals surface area contributed by atoms with Crippen molar-refractivity contribution in [3.63, 3.8) is 0 Å². The molecule has 1 aromatic rings. The van der Waals surface area contributed by atoms with Crippen LogP contribution in [-0.4, -0.2) is 36.4 Å². The number of ether oxygens (including phenoxy) is 1. The fourth-order valence-electron chi connectivity index (χ4n) is 3.46. The van der Waals surface area contributed by atoms with Gasteiger partial charge in [0.25, 0.3) is 0 Å². The summed E-state index contributed by atoms with van der Waals surface area (Å²) >= 11 is 0. The molecule has 1 aliphatic heterocycles. The molecule has 2 atom stereocenters. The molecule has 1 N–H and O–H groups in total. The number of anilines is 1. The number of benzene rings is 1. The van der Waals surface area contributed by atoms with Gasteiger partial charge in [-0.2, -0.15) is 0 Å². The second-order valence-electron chi connectivity index (χ2n) is 6.39. The lowest BCUT2D eigenvalue weighted by atomic mass is 9.93. The Balaban J connectivity index is 1.64. The third-order valence-corrected chi connectivity index (χ3v) is 4.81. The number of carbonyl (C=O) groups is 2. The largest absolute Gasteiger partial charge is 0.497 e. The fraction of sp³-hybridized carbons (Fsp3) is 0.474. The summed E-state index contributed by atoms with van der Waals surface area (Å²) in [6.45, 7) is 0.680.